The molecule has 1 aromatic heterocycles. The van der Waals surface area contributed by atoms with Crippen LogP contribution in [0.5, 0.6) is 11.5 Å². The van der Waals surface area contributed by atoms with Crippen molar-refractivity contribution in [2.45, 2.75) is 0 Å². The molecule has 1 aromatic carbocycles. The molecule has 0 bridgehead atoms. The van der Waals surface area contributed by atoms with Crippen molar-refractivity contribution in [1.29, 1.82) is 0 Å². The standard InChI is InChI=1S/C12H12N2O3/c1-16-8-3-4-11(17-2)9(5-8)10-6-14-12(15)7-13-10/h3-7H,1-2H3,(H,14,15). The predicted octanol–water partition coefficient (Wildman–Crippen LogP) is 1.45. The molecule has 5 nitrogen and oxygen atoms in total. The molecule has 0 spiro atoms. The van der Waals surface area contributed by atoms with Crippen LogP contribution in [0, 0.1) is 0 Å². The summed E-state index contributed by atoms with van der Waals surface area (Å²) < 4.78 is 10.4. The number of ether oxygens (including phenoxy) is 2. The first-order valence-corrected chi connectivity index (χ1v) is 5.01. The van der Waals surface area contributed by atoms with E-state index < -0.39 is 0 Å². The SMILES string of the molecule is COc1ccc(OC)c(-c2c[nH]c(=O)cn2)c1. The minimum absolute atomic E-state index is 0.240. The van der Waals surface area contributed by atoms with Gasteiger partial charge in [0.2, 0.25) is 0 Å². The van der Waals surface area contributed by atoms with E-state index in [-0.39, 0.29) is 5.56 Å². The fourth-order valence-corrected chi connectivity index (χ4v) is 1.50. The van der Waals surface area contributed by atoms with Gasteiger partial charge in [-0.2, -0.15) is 0 Å². The molecule has 0 unspecified atom stereocenters. The molecule has 2 aromatic rings. The van der Waals surface area contributed by atoms with Gasteiger partial charge in [-0.25, -0.2) is 4.98 Å². The molecule has 88 valence electrons. The number of nitrogens with one attached hydrogen (secondary N) is 1. The highest BCUT2D eigenvalue weighted by atomic mass is 16.5. The van der Waals surface area contributed by atoms with Gasteiger partial charge in [-0.1, -0.05) is 0 Å². The number of methoxy groups -OCH3 is 2. The van der Waals surface area contributed by atoms with Crippen molar-refractivity contribution in [1.82, 2.24) is 9.97 Å². The minimum Gasteiger partial charge on any atom is -0.497 e. The molecular weight excluding hydrogens is 220 g/mol. The molecular formula is C12H12N2O3. The van der Waals surface area contributed by atoms with E-state index >= 15 is 0 Å². The van der Waals surface area contributed by atoms with Crippen LogP contribution in [0.25, 0.3) is 11.3 Å². The Balaban J connectivity index is 2.55. The van der Waals surface area contributed by atoms with Gasteiger partial charge in [-0.3, -0.25) is 4.79 Å². The molecule has 0 radical (unpaired) electrons. The molecule has 1 N–H and O–H groups in total. The van der Waals surface area contributed by atoms with Crippen LogP contribution in [-0.2, 0) is 0 Å². The summed E-state index contributed by atoms with van der Waals surface area (Å²) in [7, 11) is 3.17. The number of rotatable bonds is 3. The van der Waals surface area contributed by atoms with Crippen LogP contribution < -0.4 is 15.0 Å². The molecule has 0 atom stereocenters. The Morgan fingerprint density at radius 3 is 2.65 bits per heavy atom. The maximum Gasteiger partial charge on any atom is 0.266 e. The topological polar surface area (TPSA) is 64.2 Å². The molecule has 5 heteroatoms. The van der Waals surface area contributed by atoms with E-state index in [4.69, 9.17) is 9.47 Å². The Kier molecular flexibility index (Phi) is 3.09. The molecule has 0 aliphatic rings. The molecule has 2 rings (SSSR count). The van der Waals surface area contributed by atoms with E-state index in [1.54, 1.807) is 38.6 Å². The van der Waals surface area contributed by atoms with E-state index in [1.165, 1.54) is 6.20 Å². The van der Waals surface area contributed by atoms with Gasteiger partial charge in [0, 0.05) is 11.8 Å². The van der Waals surface area contributed by atoms with Crippen molar-refractivity contribution in [2.75, 3.05) is 14.2 Å². The van der Waals surface area contributed by atoms with Crippen LogP contribution in [0.15, 0.2) is 35.4 Å². The molecule has 0 saturated carbocycles. The Bertz CT molecular complexity index is 558. The van der Waals surface area contributed by atoms with Gasteiger partial charge in [0.05, 0.1) is 26.1 Å². The Morgan fingerprint density at radius 1 is 1.24 bits per heavy atom. The summed E-state index contributed by atoms with van der Waals surface area (Å²) in [6.07, 6.45) is 2.77. The van der Waals surface area contributed by atoms with Crippen molar-refractivity contribution in [2.24, 2.45) is 0 Å². The zero-order valence-corrected chi connectivity index (χ0v) is 9.56. The largest absolute Gasteiger partial charge is 0.497 e. The highest BCUT2D eigenvalue weighted by molar-refractivity contribution is 5.68. The average molecular weight is 232 g/mol. The first-order chi connectivity index (χ1) is 8.24. The smallest absolute Gasteiger partial charge is 0.266 e. The fourth-order valence-electron chi connectivity index (χ4n) is 1.50. The molecule has 1 heterocycles. The number of aromatic nitrogens is 2. The Hall–Kier alpha value is -2.30. The summed E-state index contributed by atoms with van der Waals surface area (Å²) >= 11 is 0. The summed E-state index contributed by atoms with van der Waals surface area (Å²) in [6.45, 7) is 0. The number of nitrogens with zero attached hydrogens (tertiary/aromatic N) is 1. The van der Waals surface area contributed by atoms with Gasteiger partial charge < -0.3 is 14.5 Å². The second kappa shape index (κ2) is 4.69. The lowest BCUT2D eigenvalue weighted by molar-refractivity contribution is 0.404. The molecule has 0 saturated heterocycles. The van der Waals surface area contributed by atoms with Crippen molar-refractivity contribution in [3.63, 3.8) is 0 Å². The van der Waals surface area contributed by atoms with E-state index in [0.717, 1.165) is 5.56 Å². The minimum atomic E-state index is -0.240. The van der Waals surface area contributed by atoms with E-state index in [2.05, 4.69) is 9.97 Å². The van der Waals surface area contributed by atoms with Gasteiger partial charge in [0.1, 0.15) is 11.5 Å². The third-order valence-corrected chi connectivity index (χ3v) is 2.35. The van der Waals surface area contributed by atoms with E-state index in [1.807, 2.05) is 0 Å². The Labute approximate surface area is 98.0 Å². The number of hydrogen-bond acceptors (Lipinski definition) is 4. The zero-order chi connectivity index (χ0) is 12.3. The number of benzene rings is 1. The van der Waals surface area contributed by atoms with Gasteiger partial charge >= 0.3 is 0 Å². The summed E-state index contributed by atoms with van der Waals surface area (Å²) in [5.41, 5.74) is 1.15. The third-order valence-electron chi connectivity index (χ3n) is 2.35. The maximum atomic E-state index is 11.0. The van der Waals surface area contributed by atoms with Crippen LogP contribution >= 0.6 is 0 Å². The third kappa shape index (κ3) is 2.28. The number of H-pyrrole nitrogens is 1. The molecule has 0 amide bonds. The van der Waals surface area contributed by atoms with Crippen LogP contribution in [0.4, 0.5) is 0 Å². The second-order valence-electron chi connectivity index (χ2n) is 3.36. The summed E-state index contributed by atoms with van der Waals surface area (Å²) in [6, 6.07) is 5.40. The summed E-state index contributed by atoms with van der Waals surface area (Å²) in [5, 5.41) is 0. The number of aromatic amines is 1. The number of hydrogen-bond donors (Lipinski definition) is 1. The van der Waals surface area contributed by atoms with Gasteiger partial charge in [0.25, 0.3) is 5.56 Å². The molecule has 0 fully saturated rings. The van der Waals surface area contributed by atoms with Crippen LogP contribution in [-0.4, -0.2) is 24.2 Å². The van der Waals surface area contributed by atoms with Crippen molar-refractivity contribution >= 4 is 0 Å². The van der Waals surface area contributed by atoms with E-state index in [9.17, 15) is 4.79 Å². The van der Waals surface area contributed by atoms with Crippen LogP contribution in [0.1, 0.15) is 0 Å². The second-order valence-corrected chi connectivity index (χ2v) is 3.36. The Morgan fingerprint density at radius 2 is 2.06 bits per heavy atom. The monoisotopic (exact) mass is 232 g/mol. The first-order valence-electron chi connectivity index (χ1n) is 5.01. The average Bonchev–Trinajstić information content (AvgIpc) is 2.39. The van der Waals surface area contributed by atoms with Crippen molar-refractivity contribution < 1.29 is 9.47 Å². The maximum absolute atomic E-state index is 11.0. The van der Waals surface area contributed by atoms with Crippen molar-refractivity contribution in [3.8, 4) is 22.8 Å². The highest BCUT2D eigenvalue weighted by Gasteiger charge is 2.08. The highest BCUT2D eigenvalue weighted by Crippen LogP contribution is 2.31. The van der Waals surface area contributed by atoms with Gasteiger partial charge in [-0.15, -0.1) is 0 Å². The van der Waals surface area contributed by atoms with E-state index in [0.29, 0.717) is 17.2 Å². The van der Waals surface area contributed by atoms with Crippen molar-refractivity contribution in [3.05, 3.63) is 40.9 Å². The lowest BCUT2D eigenvalue weighted by Gasteiger charge is -2.09. The molecule has 0 aliphatic heterocycles. The lowest BCUT2D eigenvalue weighted by Crippen LogP contribution is -2.04. The molecule has 17 heavy (non-hydrogen) atoms. The van der Waals surface area contributed by atoms with Gasteiger partial charge in [0.15, 0.2) is 0 Å². The van der Waals surface area contributed by atoms with Crippen LogP contribution in [0.3, 0.4) is 0 Å². The summed E-state index contributed by atoms with van der Waals surface area (Å²) in [5.74, 6) is 1.37. The lowest BCUT2D eigenvalue weighted by atomic mass is 10.1. The first kappa shape index (κ1) is 11.2. The van der Waals surface area contributed by atoms with Crippen LogP contribution in [0.2, 0.25) is 0 Å². The van der Waals surface area contributed by atoms with Gasteiger partial charge in [-0.05, 0) is 18.2 Å². The normalized spacial score (nSPS) is 10.0. The predicted molar refractivity (Wildman–Crippen MR) is 63.4 cm³/mol. The molecule has 0 aliphatic carbocycles. The zero-order valence-electron chi connectivity index (χ0n) is 9.56. The summed E-state index contributed by atoms with van der Waals surface area (Å²) in [4.78, 5) is 17.6. The quantitative estimate of drug-likeness (QED) is 0.870. The fraction of sp³-hybridized carbons (Fsp3) is 0.167.